The quantitative estimate of drug-likeness (QED) is 0.753. The van der Waals surface area contributed by atoms with E-state index in [0.29, 0.717) is 11.8 Å². The fraction of sp³-hybridized carbons (Fsp3) is 0.682. The summed E-state index contributed by atoms with van der Waals surface area (Å²) in [6.45, 7) is 8.07. The van der Waals surface area contributed by atoms with Crippen molar-refractivity contribution >= 4 is 5.97 Å². The normalized spacial score (nSPS) is 25.6. The number of rotatable bonds is 6. The van der Waals surface area contributed by atoms with Gasteiger partial charge in [-0.2, -0.15) is 0 Å². The average Bonchev–Trinajstić information content (AvgIpc) is 2.66. The molecule has 3 rings (SSSR count). The standard InChI is InChI=1S/C22H34N2O4/c1-13(2)8-16-12-24-7-6-15-9-20(26-4)21(27-5)10-17(15)18(24)11-19(16)28-22(25)14(3)23/h9-10,13-14,16,18-19H,6-8,11-12,23H2,1-5H3/t14-,16?,18?,19?/m1/s1. The van der Waals surface area contributed by atoms with Crippen LogP contribution in [0, 0.1) is 11.8 Å². The van der Waals surface area contributed by atoms with Gasteiger partial charge in [0.1, 0.15) is 12.1 Å². The van der Waals surface area contributed by atoms with E-state index < -0.39 is 6.04 Å². The van der Waals surface area contributed by atoms with Crippen molar-refractivity contribution in [1.29, 1.82) is 0 Å². The van der Waals surface area contributed by atoms with E-state index in [-0.39, 0.29) is 18.1 Å². The maximum atomic E-state index is 12.2. The summed E-state index contributed by atoms with van der Waals surface area (Å²) in [5.74, 6) is 2.09. The third-order valence-electron chi connectivity index (χ3n) is 5.98. The highest BCUT2D eigenvalue weighted by molar-refractivity contribution is 5.75. The number of benzene rings is 1. The predicted octanol–water partition coefficient (Wildman–Crippen LogP) is 2.93. The van der Waals surface area contributed by atoms with Crippen LogP contribution in [0.25, 0.3) is 0 Å². The number of carbonyl (C=O) groups excluding carboxylic acids is 1. The van der Waals surface area contributed by atoms with Crippen LogP contribution in [0.5, 0.6) is 11.5 Å². The average molecular weight is 391 g/mol. The zero-order chi connectivity index (χ0) is 20.4. The highest BCUT2D eigenvalue weighted by Gasteiger charge is 2.41. The molecule has 0 bridgehead atoms. The Labute approximate surface area is 168 Å². The summed E-state index contributed by atoms with van der Waals surface area (Å²) in [7, 11) is 3.33. The number of methoxy groups -OCH3 is 2. The first kappa shape index (κ1) is 20.9. The maximum absolute atomic E-state index is 12.2. The molecule has 0 saturated carbocycles. The number of hydrogen-bond donors (Lipinski definition) is 1. The van der Waals surface area contributed by atoms with Crippen molar-refractivity contribution in [2.75, 3.05) is 27.3 Å². The molecule has 6 heteroatoms. The van der Waals surface area contributed by atoms with E-state index >= 15 is 0 Å². The molecule has 4 atom stereocenters. The van der Waals surface area contributed by atoms with E-state index in [9.17, 15) is 4.79 Å². The number of hydrogen-bond acceptors (Lipinski definition) is 6. The third kappa shape index (κ3) is 4.28. The second kappa shape index (κ2) is 8.70. The van der Waals surface area contributed by atoms with Crippen LogP contribution in [-0.2, 0) is 16.0 Å². The molecule has 1 aromatic carbocycles. The van der Waals surface area contributed by atoms with Gasteiger partial charge >= 0.3 is 5.97 Å². The molecule has 28 heavy (non-hydrogen) atoms. The predicted molar refractivity (Wildman–Crippen MR) is 109 cm³/mol. The fourth-order valence-electron chi connectivity index (χ4n) is 4.64. The molecule has 3 unspecified atom stereocenters. The van der Waals surface area contributed by atoms with Crippen LogP contribution >= 0.6 is 0 Å². The van der Waals surface area contributed by atoms with Crippen LogP contribution in [0.2, 0.25) is 0 Å². The zero-order valence-electron chi connectivity index (χ0n) is 17.7. The van der Waals surface area contributed by atoms with Gasteiger partial charge < -0.3 is 19.9 Å². The smallest absolute Gasteiger partial charge is 0.322 e. The Bertz CT molecular complexity index is 704. The van der Waals surface area contributed by atoms with E-state index in [1.807, 2.05) is 0 Å². The summed E-state index contributed by atoms with van der Waals surface area (Å²) in [4.78, 5) is 14.8. The Morgan fingerprint density at radius 3 is 2.50 bits per heavy atom. The second-order valence-corrected chi connectivity index (χ2v) is 8.56. The molecule has 0 amide bonds. The number of carbonyl (C=O) groups is 1. The van der Waals surface area contributed by atoms with Crippen molar-refractivity contribution in [3.05, 3.63) is 23.3 Å². The van der Waals surface area contributed by atoms with Crippen LogP contribution in [0.15, 0.2) is 12.1 Å². The van der Waals surface area contributed by atoms with Crippen LogP contribution in [0.3, 0.4) is 0 Å². The maximum Gasteiger partial charge on any atom is 0.322 e. The van der Waals surface area contributed by atoms with Gasteiger partial charge in [-0.3, -0.25) is 9.69 Å². The highest BCUT2D eigenvalue weighted by Crippen LogP contribution is 2.44. The van der Waals surface area contributed by atoms with Crippen LogP contribution in [-0.4, -0.2) is 50.3 Å². The van der Waals surface area contributed by atoms with Crippen LogP contribution in [0.4, 0.5) is 0 Å². The van der Waals surface area contributed by atoms with Gasteiger partial charge in [-0.1, -0.05) is 13.8 Å². The number of ether oxygens (including phenoxy) is 3. The van der Waals surface area contributed by atoms with E-state index in [2.05, 4.69) is 30.9 Å². The van der Waals surface area contributed by atoms with Crippen molar-refractivity contribution in [2.24, 2.45) is 17.6 Å². The number of piperidine rings is 1. The van der Waals surface area contributed by atoms with Gasteiger partial charge in [0.15, 0.2) is 11.5 Å². The summed E-state index contributed by atoms with van der Waals surface area (Å²) in [6, 6.07) is 3.81. The largest absolute Gasteiger partial charge is 0.493 e. The number of nitrogens with zero attached hydrogens (tertiary/aromatic N) is 1. The minimum Gasteiger partial charge on any atom is -0.493 e. The van der Waals surface area contributed by atoms with Crippen molar-refractivity contribution in [2.45, 2.75) is 58.2 Å². The summed E-state index contributed by atoms with van der Waals surface area (Å²) in [5, 5.41) is 0. The van der Waals surface area contributed by atoms with Gasteiger partial charge in [0.05, 0.1) is 14.2 Å². The number of nitrogens with two attached hydrogens (primary N) is 1. The Hall–Kier alpha value is -1.79. The van der Waals surface area contributed by atoms with Gasteiger partial charge in [-0.25, -0.2) is 0 Å². The van der Waals surface area contributed by atoms with Crippen LogP contribution in [0.1, 0.15) is 50.8 Å². The van der Waals surface area contributed by atoms with Crippen molar-refractivity contribution in [1.82, 2.24) is 4.90 Å². The molecule has 2 N–H and O–H groups in total. The number of fused-ring (bicyclic) bond motifs is 3. The minimum absolute atomic E-state index is 0.110. The lowest BCUT2D eigenvalue weighted by molar-refractivity contribution is -0.158. The van der Waals surface area contributed by atoms with Gasteiger partial charge in [0.2, 0.25) is 0 Å². The lowest BCUT2D eigenvalue weighted by atomic mass is 9.79. The van der Waals surface area contributed by atoms with Gasteiger partial charge in [-0.15, -0.1) is 0 Å². The highest BCUT2D eigenvalue weighted by atomic mass is 16.5. The minimum atomic E-state index is -0.597. The molecule has 2 aliphatic rings. The number of esters is 1. The molecule has 2 heterocycles. The molecule has 6 nitrogen and oxygen atoms in total. The summed E-state index contributed by atoms with van der Waals surface area (Å²) >= 11 is 0. The zero-order valence-corrected chi connectivity index (χ0v) is 17.7. The van der Waals surface area contributed by atoms with Gasteiger partial charge in [0, 0.05) is 31.5 Å². The Morgan fingerprint density at radius 1 is 1.21 bits per heavy atom. The fourth-order valence-corrected chi connectivity index (χ4v) is 4.64. The summed E-state index contributed by atoms with van der Waals surface area (Å²) in [6.07, 6.45) is 2.71. The Morgan fingerprint density at radius 2 is 1.89 bits per heavy atom. The van der Waals surface area contributed by atoms with Crippen molar-refractivity contribution < 1.29 is 19.0 Å². The topological polar surface area (TPSA) is 74.0 Å². The van der Waals surface area contributed by atoms with E-state index in [1.54, 1.807) is 21.1 Å². The Balaban J connectivity index is 1.90. The van der Waals surface area contributed by atoms with Gasteiger partial charge in [-0.05, 0) is 48.9 Å². The first-order valence-corrected chi connectivity index (χ1v) is 10.3. The Kier molecular flexibility index (Phi) is 6.50. The van der Waals surface area contributed by atoms with Crippen molar-refractivity contribution in [3.63, 3.8) is 0 Å². The lowest BCUT2D eigenvalue weighted by Gasteiger charge is -2.47. The molecule has 0 radical (unpaired) electrons. The molecule has 2 aliphatic heterocycles. The summed E-state index contributed by atoms with van der Waals surface area (Å²) < 4.78 is 16.9. The molecule has 1 aromatic rings. The lowest BCUT2D eigenvalue weighted by Crippen LogP contribution is -2.50. The van der Waals surface area contributed by atoms with E-state index in [1.165, 1.54) is 11.1 Å². The van der Waals surface area contributed by atoms with E-state index in [4.69, 9.17) is 19.9 Å². The van der Waals surface area contributed by atoms with Crippen LogP contribution < -0.4 is 15.2 Å². The van der Waals surface area contributed by atoms with Gasteiger partial charge in [0.25, 0.3) is 0 Å². The molecule has 0 aliphatic carbocycles. The first-order chi connectivity index (χ1) is 13.3. The third-order valence-corrected chi connectivity index (χ3v) is 5.98. The second-order valence-electron chi connectivity index (χ2n) is 8.56. The van der Waals surface area contributed by atoms with Crippen molar-refractivity contribution in [3.8, 4) is 11.5 Å². The first-order valence-electron chi connectivity index (χ1n) is 10.3. The summed E-state index contributed by atoms with van der Waals surface area (Å²) in [5.41, 5.74) is 8.31. The molecule has 0 spiro atoms. The molecular formula is C22H34N2O4. The molecular weight excluding hydrogens is 356 g/mol. The monoisotopic (exact) mass is 390 g/mol. The molecule has 156 valence electrons. The molecule has 0 aromatic heterocycles. The van der Waals surface area contributed by atoms with E-state index in [0.717, 1.165) is 43.9 Å². The molecule has 1 saturated heterocycles. The molecule has 1 fully saturated rings. The SMILES string of the molecule is COc1cc2c(cc1OC)C1CC(OC(=O)[C@@H](C)N)C(CC(C)C)CN1CC2.